The maximum absolute atomic E-state index is 14.7. The van der Waals surface area contributed by atoms with E-state index in [-0.39, 0.29) is 118 Å². The second kappa shape index (κ2) is 17.3. The smallest absolute Gasteiger partial charge is 0.408 e. The van der Waals surface area contributed by atoms with Crippen LogP contribution in [-0.2, 0) is 28.5 Å². The molecule has 2 bridgehead atoms. The number of esters is 2. The molecule has 1 aromatic heterocycles. The number of fused-ring (bicyclic) bond motifs is 5. The number of benzene rings is 1. The molecule has 2 saturated carbocycles. The Labute approximate surface area is 401 Å². The molecule has 6 rings (SSSR count). The molecule has 3 fully saturated rings. The van der Waals surface area contributed by atoms with Crippen molar-refractivity contribution in [3.05, 3.63) is 69.4 Å². The quantitative estimate of drug-likeness (QED) is 0.134. The van der Waals surface area contributed by atoms with E-state index in [4.69, 9.17) is 18.9 Å². The van der Waals surface area contributed by atoms with Gasteiger partial charge in [-0.05, 0) is 69.3 Å². The number of hydrogen-bond donors (Lipinski definition) is 6. The van der Waals surface area contributed by atoms with Gasteiger partial charge in [-0.2, -0.15) is 0 Å². The Bertz CT molecular complexity index is 1830. The largest absolute Gasteiger partial charge is 0.456 e. The molecule has 56 heavy (non-hydrogen) atoms. The number of carbonyl (C=O) groups is 4. The van der Waals surface area contributed by atoms with Gasteiger partial charge in [-0.1, -0.05) is 38.1 Å². The SMILES string of the molecule is CC1=C2[C@@H](O)C(=O)[C@@]3(C)[C@H]([C@H](OC(=O)c4ccccc4)[C@](O)(C[C@@H]1OC(=O)[C@H](O)[C@@H](NC(=O)OC(C)(C)C)c1cccs1)C2(C)C)[C@]1(O)CO[C@@H]1C[C@@H]3O.[Ac].[Ac]. The van der Waals surface area contributed by atoms with Gasteiger partial charge in [-0.25, -0.2) is 14.4 Å². The Morgan fingerprint density at radius 3 is 2.20 bits per heavy atom. The zero-order chi connectivity index (χ0) is 39.8. The van der Waals surface area contributed by atoms with Gasteiger partial charge in [-0.3, -0.25) is 4.79 Å². The molecule has 1 saturated heterocycles. The minimum absolute atomic E-state index is 0. The molecule has 17 heteroatoms. The number of ether oxygens (including phenoxy) is 4. The summed E-state index contributed by atoms with van der Waals surface area (Å²) in [6.45, 7) is 10.6. The van der Waals surface area contributed by atoms with Crippen LogP contribution in [0.15, 0.2) is 59.0 Å². The van der Waals surface area contributed by atoms with Gasteiger partial charge in [0.2, 0.25) is 0 Å². The van der Waals surface area contributed by atoms with Crippen LogP contribution in [0.2, 0.25) is 0 Å². The Morgan fingerprint density at radius 1 is 1.00 bits per heavy atom. The summed E-state index contributed by atoms with van der Waals surface area (Å²) in [5, 5.41) is 64.7. The summed E-state index contributed by atoms with van der Waals surface area (Å²) < 4.78 is 23.1. The van der Waals surface area contributed by atoms with Crippen LogP contribution >= 0.6 is 11.3 Å². The van der Waals surface area contributed by atoms with Gasteiger partial charge in [0.1, 0.15) is 41.2 Å². The van der Waals surface area contributed by atoms with Crippen molar-refractivity contribution in [2.75, 3.05) is 6.61 Å². The molecule has 1 amide bonds. The fraction of sp³-hybridized carbons (Fsp3) is 0.590. The average Bonchev–Trinajstić information content (AvgIpc) is 3.63. The first-order chi connectivity index (χ1) is 25.1. The number of Topliss-reactive ketones (excluding diaryl/α,β-unsaturated/α-hetero) is 1. The fourth-order valence-corrected chi connectivity index (χ4v) is 9.74. The predicted octanol–water partition coefficient (Wildman–Crippen LogP) is 2.75. The molecule has 4 aliphatic rings. The van der Waals surface area contributed by atoms with Crippen LogP contribution in [0.5, 0.6) is 0 Å². The number of amides is 1. The van der Waals surface area contributed by atoms with Crippen molar-refractivity contribution in [3.63, 3.8) is 0 Å². The fourth-order valence-electron chi connectivity index (χ4n) is 8.93. The number of aliphatic hydroxyl groups is 5. The zero-order valence-electron chi connectivity index (χ0n) is 32.4. The molecule has 0 unspecified atom stereocenters. The predicted molar refractivity (Wildman–Crippen MR) is 192 cm³/mol. The number of hydrogen-bond acceptors (Lipinski definition) is 14. The Kier molecular flexibility index (Phi) is 14.8. The number of aliphatic hydroxyl groups excluding tert-OH is 3. The molecule has 0 spiro atoms. The number of alkyl carbamates (subject to hydrolysis) is 1. The third-order valence-electron chi connectivity index (χ3n) is 12.0. The van der Waals surface area contributed by atoms with Gasteiger partial charge in [0.15, 0.2) is 11.9 Å². The summed E-state index contributed by atoms with van der Waals surface area (Å²) in [6.07, 6.45) is -11.2. The third kappa shape index (κ3) is 8.16. The first-order valence-corrected chi connectivity index (χ1v) is 18.8. The van der Waals surface area contributed by atoms with Gasteiger partial charge < -0.3 is 49.8 Å². The summed E-state index contributed by atoms with van der Waals surface area (Å²) in [5.74, 6) is -4.52. The normalized spacial score (nSPS) is 34.2. The number of thiophene rings is 1. The summed E-state index contributed by atoms with van der Waals surface area (Å²) >= 11 is 1.16. The van der Waals surface area contributed by atoms with Crippen molar-refractivity contribution in [2.24, 2.45) is 16.7 Å². The number of ketones is 1. The van der Waals surface area contributed by atoms with Crippen LogP contribution in [0.4, 0.5) is 4.79 Å². The third-order valence-corrected chi connectivity index (χ3v) is 12.9. The van der Waals surface area contributed by atoms with Crippen molar-refractivity contribution in [1.82, 2.24) is 5.32 Å². The van der Waals surface area contributed by atoms with Crippen LogP contribution in [0.25, 0.3) is 0 Å². The van der Waals surface area contributed by atoms with E-state index in [0.717, 1.165) is 11.3 Å². The second-order valence-electron chi connectivity index (χ2n) is 16.6. The number of rotatable bonds is 7. The van der Waals surface area contributed by atoms with Crippen molar-refractivity contribution in [3.8, 4) is 0 Å². The summed E-state index contributed by atoms with van der Waals surface area (Å²) in [5.41, 5.74) is -8.39. The summed E-state index contributed by atoms with van der Waals surface area (Å²) in [7, 11) is 0. The summed E-state index contributed by atoms with van der Waals surface area (Å²) in [4.78, 5) is 55.7. The Balaban J connectivity index is 0.00000348. The molecule has 300 valence electrons. The molecule has 1 aliphatic heterocycles. The zero-order valence-corrected chi connectivity index (χ0v) is 42.7. The molecule has 2 heterocycles. The van der Waals surface area contributed by atoms with Gasteiger partial charge in [0, 0.05) is 117 Å². The van der Waals surface area contributed by atoms with Crippen molar-refractivity contribution in [2.45, 2.75) is 121 Å². The van der Waals surface area contributed by atoms with Crippen molar-refractivity contribution in [1.29, 1.82) is 0 Å². The first-order valence-electron chi connectivity index (χ1n) is 17.9. The van der Waals surface area contributed by atoms with Crippen LogP contribution < -0.4 is 5.32 Å². The Morgan fingerprint density at radius 2 is 1.64 bits per heavy atom. The topological polar surface area (TPSA) is 218 Å². The standard InChI is InChI=1S/C39H49NO13S.2Ac/c1-19-21(51-33(46)28(43)26(22-14-11-15-54-22)40-34(47)53-35(2,3)4)17-39(49)31(52-32(45)20-12-9-8-10-13-20)29-37(7,23(41)16-24-38(29,48)18-50-24)30(44)27(42)25(19)36(39,5)6;;/h8-15,21,23-24,26-29,31,41-43,48-49H,16-18H2,1-7H3,(H,40,47);;/t21-,23-,24+,26-,27+,28+,29-,31-,37+,38-,39+;;/m0../s1. The minimum Gasteiger partial charge on any atom is -0.456 e. The van der Waals surface area contributed by atoms with Gasteiger partial charge in [-0.15, -0.1) is 11.3 Å². The molecule has 6 N–H and O–H groups in total. The van der Waals surface area contributed by atoms with Crippen LogP contribution in [0.1, 0.15) is 82.6 Å². The van der Waals surface area contributed by atoms with E-state index < -0.39 is 106 Å². The van der Waals surface area contributed by atoms with E-state index in [1.165, 1.54) is 26.0 Å². The average molecular weight is 1230 g/mol. The van der Waals surface area contributed by atoms with E-state index in [1.54, 1.807) is 70.3 Å². The van der Waals surface area contributed by atoms with E-state index in [1.807, 2.05) is 0 Å². The van der Waals surface area contributed by atoms with Gasteiger partial charge in [0.25, 0.3) is 0 Å². The molecular formula is C39H49Ac2NO13S. The van der Waals surface area contributed by atoms with Crippen molar-refractivity contribution >= 4 is 35.2 Å². The monoisotopic (exact) mass is 1230 g/mol. The minimum atomic E-state index is -2.30. The maximum atomic E-state index is 14.7. The van der Waals surface area contributed by atoms with Crippen molar-refractivity contribution < 1.29 is 152 Å². The van der Waals surface area contributed by atoms with Crippen LogP contribution in [-0.4, -0.2) is 109 Å². The molecule has 2 aromatic rings. The van der Waals surface area contributed by atoms with E-state index in [2.05, 4.69) is 5.32 Å². The van der Waals surface area contributed by atoms with E-state index >= 15 is 0 Å². The molecule has 11 atom stereocenters. The van der Waals surface area contributed by atoms with E-state index in [0.29, 0.717) is 4.88 Å². The molecular weight excluding hydrogens is 1180 g/mol. The molecule has 1 aromatic carbocycles. The number of nitrogens with one attached hydrogen (secondary N) is 1. The maximum Gasteiger partial charge on any atom is 0.408 e. The summed E-state index contributed by atoms with van der Waals surface area (Å²) in [6, 6.07) is 9.85. The van der Waals surface area contributed by atoms with Crippen LogP contribution in [0.3, 0.4) is 0 Å². The Hall–Kier alpha value is -0.817. The van der Waals surface area contributed by atoms with Gasteiger partial charge in [0.05, 0.1) is 29.8 Å². The number of carbonyl (C=O) groups excluding carboxylic acids is 4. The molecule has 14 nitrogen and oxygen atoms in total. The molecule has 2 radical (unpaired) electrons. The molecule has 3 aliphatic carbocycles. The first kappa shape index (κ1) is 47.9. The van der Waals surface area contributed by atoms with Crippen LogP contribution in [0, 0.1) is 105 Å². The van der Waals surface area contributed by atoms with Gasteiger partial charge >= 0.3 is 18.0 Å². The van der Waals surface area contributed by atoms with E-state index in [9.17, 15) is 44.7 Å². The second-order valence-corrected chi connectivity index (χ2v) is 17.6.